The maximum Gasteiger partial charge on any atom is 0.410 e. The van der Waals surface area contributed by atoms with Crippen molar-refractivity contribution in [1.82, 2.24) is 21.2 Å². The highest BCUT2D eigenvalue weighted by Gasteiger charge is 2.47. The number of alkyl carbamates (subject to hydrolysis) is 1. The van der Waals surface area contributed by atoms with Crippen molar-refractivity contribution in [3.8, 4) is 0 Å². The van der Waals surface area contributed by atoms with Crippen LogP contribution in [0.4, 0.5) is 9.59 Å². The number of hydrogen-bond donors (Lipinski definition) is 4. The average molecular weight is 767 g/mol. The van der Waals surface area contributed by atoms with E-state index in [0.717, 1.165) is 68.9 Å². The Morgan fingerprint density at radius 3 is 2.00 bits per heavy atom. The van der Waals surface area contributed by atoms with Gasteiger partial charge in [-0.3, -0.25) is 14.6 Å². The summed E-state index contributed by atoms with van der Waals surface area (Å²) in [7, 11) is 0. The fourth-order valence-electron chi connectivity index (χ4n) is 8.27. The van der Waals surface area contributed by atoms with E-state index in [1.807, 2.05) is 81.4 Å². The maximum atomic E-state index is 14.5. The number of aliphatic hydroxyl groups is 1. The quantitative estimate of drug-likeness (QED) is 0.141. The minimum Gasteiger partial charge on any atom is -0.443 e. The van der Waals surface area contributed by atoms with Crippen LogP contribution in [0.1, 0.15) is 89.7 Å². The molecule has 4 fully saturated rings. The fraction of sp³-hybridized carbons (Fsp3) is 0.667. The fourth-order valence-corrected chi connectivity index (χ4v) is 8.27. The molecule has 2 aliphatic heterocycles. The lowest BCUT2D eigenvalue weighted by atomic mass is 9.94. The number of nitrogens with one attached hydrogen (secondary N) is 3. The Morgan fingerprint density at radius 1 is 0.818 bits per heavy atom. The summed E-state index contributed by atoms with van der Waals surface area (Å²) in [5, 5.41) is 14.4. The molecule has 0 radical (unpaired) electrons. The van der Waals surface area contributed by atoms with Gasteiger partial charge < -0.3 is 29.4 Å². The number of aliphatic hydroxyl groups excluding tert-OH is 1. The molecule has 304 valence electrons. The minimum absolute atomic E-state index is 0.0383. The smallest absolute Gasteiger partial charge is 0.410 e. The molecule has 6 rings (SSSR count). The third kappa shape index (κ3) is 12.1. The molecule has 0 spiro atoms. The molecule has 55 heavy (non-hydrogen) atoms. The molecule has 2 aromatic carbocycles. The summed E-state index contributed by atoms with van der Waals surface area (Å²) in [6, 6.07) is 18.1. The van der Waals surface area contributed by atoms with Crippen molar-refractivity contribution in [3.63, 3.8) is 0 Å². The zero-order chi connectivity index (χ0) is 38.6. The van der Waals surface area contributed by atoms with Gasteiger partial charge >= 0.3 is 12.2 Å². The molecule has 2 heterocycles. The molecule has 2 aromatic rings. The number of hydrogen-bond acceptors (Lipinski definition) is 11. The molecular weight excluding hydrogens is 704 g/mol. The third-order valence-corrected chi connectivity index (χ3v) is 11.2. The van der Waals surface area contributed by atoms with Gasteiger partial charge in [0.05, 0.1) is 56.1 Å². The largest absolute Gasteiger partial charge is 0.443 e. The maximum absolute atomic E-state index is 14.5. The van der Waals surface area contributed by atoms with Crippen LogP contribution in [0.15, 0.2) is 60.7 Å². The van der Waals surface area contributed by atoms with Crippen molar-refractivity contribution < 1.29 is 43.3 Å². The second kappa shape index (κ2) is 20.2. The van der Waals surface area contributed by atoms with Gasteiger partial charge in [0.1, 0.15) is 12.2 Å². The first-order valence-corrected chi connectivity index (χ1v) is 20.4. The molecule has 2 amide bonds. The summed E-state index contributed by atoms with van der Waals surface area (Å²) in [6.45, 7) is 6.89. The van der Waals surface area contributed by atoms with Gasteiger partial charge in [0.2, 0.25) is 0 Å². The first-order valence-electron chi connectivity index (χ1n) is 20.4. The SMILES string of the molecule is CC(C)(C)N(C(=O)OC1CO[C@H]2OCC[C@@H]12)C(Cc1ccccc1)C(CNOC1CCCC1)OC(=O)N[C@@H](Cc1ccccc1)[C@@H](O)CNOC1CCCC1. The highest BCUT2D eigenvalue weighted by atomic mass is 16.7. The molecule has 2 saturated carbocycles. The van der Waals surface area contributed by atoms with Gasteiger partial charge in [-0.15, -0.1) is 0 Å². The minimum atomic E-state index is -0.991. The molecule has 7 atom stereocenters. The Balaban J connectivity index is 1.24. The van der Waals surface area contributed by atoms with Crippen molar-refractivity contribution in [3.05, 3.63) is 71.8 Å². The molecule has 0 aromatic heterocycles. The van der Waals surface area contributed by atoms with Crippen LogP contribution in [-0.4, -0.2) is 103 Å². The van der Waals surface area contributed by atoms with Crippen molar-refractivity contribution in [2.45, 2.75) is 146 Å². The van der Waals surface area contributed by atoms with Crippen LogP contribution in [-0.2, 0) is 41.5 Å². The van der Waals surface area contributed by atoms with Crippen LogP contribution < -0.4 is 16.3 Å². The first kappa shape index (κ1) is 41.3. The predicted octanol–water partition coefficient (Wildman–Crippen LogP) is 5.59. The topological polar surface area (TPSA) is 149 Å². The lowest BCUT2D eigenvalue weighted by Gasteiger charge is -2.44. The zero-order valence-corrected chi connectivity index (χ0v) is 32.7. The molecule has 4 aliphatic rings. The standard InChI is InChI=1S/C42H62N4O9/c1-42(2,3)46(41(49)53-38-28-51-39-33(38)22-23-50-39)35(25-30-16-8-5-9-17-30)37(27-44-55-32-20-12-13-21-32)52-40(48)45-34(24-29-14-6-4-7-15-29)36(47)26-43-54-31-18-10-11-19-31/h4-9,14-17,31-39,43-44,47H,10-13,18-28H2,1-3H3,(H,45,48)/t33-,34-,35?,36-,37?,38?,39+/m0/s1. The normalized spacial score (nSPS) is 23.9. The van der Waals surface area contributed by atoms with Gasteiger partial charge in [0, 0.05) is 12.1 Å². The monoisotopic (exact) mass is 766 g/mol. The van der Waals surface area contributed by atoms with E-state index in [1.54, 1.807) is 4.90 Å². The van der Waals surface area contributed by atoms with E-state index in [9.17, 15) is 14.7 Å². The number of benzene rings is 2. The molecule has 4 N–H and O–H groups in total. The molecular formula is C42H62N4O9. The number of carbonyl (C=O) groups excluding carboxylic acids is 2. The van der Waals surface area contributed by atoms with Crippen LogP contribution >= 0.6 is 0 Å². The van der Waals surface area contributed by atoms with E-state index < -0.39 is 48.1 Å². The van der Waals surface area contributed by atoms with Crippen LogP contribution in [0.2, 0.25) is 0 Å². The van der Waals surface area contributed by atoms with Crippen molar-refractivity contribution >= 4 is 12.2 Å². The number of amides is 2. The molecule has 0 bridgehead atoms. The number of fused-ring (bicyclic) bond motifs is 1. The van der Waals surface area contributed by atoms with Crippen molar-refractivity contribution in [1.29, 1.82) is 0 Å². The number of nitrogens with zero attached hydrogens (tertiary/aromatic N) is 1. The van der Waals surface area contributed by atoms with E-state index in [4.69, 9.17) is 28.6 Å². The van der Waals surface area contributed by atoms with Gasteiger partial charge in [-0.05, 0) is 76.8 Å². The van der Waals surface area contributed by atoms with Crippen LogP contribution in [0, 0.1) is 5.92 Å². The number of hydroxylamine groups is 2. The highest BCUT2D eigenvalue weighted by Crippen LogP contribution is 2.35. The summed E-state index contributed by atoms with van der Waals surface area (Å²) in [5.41, 5.74) is 7.23. The van der Waals surface area contributed by atoms with Crippen molar-refractivity contribution in [2.75, 3.05) is 26.3 Å². The Kier molecular flexibility index (Phi) is 15.2. The Labute approximate surface area is 326 Å². The number of carbonyl (C=O) groups is 2. The summed E-state index contributed by atoms with van der Waals surface area (Å²) in [5.74, 6) is -0.0383. The number of ether oxygens (including phenoxy) is 4. The Hall–Kier alpha value is -3.30. The third-order valence-electron chi connectivity index (χ3n) is 11.2. The van der Waals surface area contributed by atoms with Gasteiger partial charge in [0.15, 0.2) is 6.29 Å². The molecule has 2 aliphatic carbocycles. The van der Waals surface area contributed by atoms with Crippen molar-refractivity contribution in [2.24, 2.45) is 5.92 Å². The van der Waals surface area contributed by atoms with E-state index in [1.165, 1.54) is 0 Å². The second-order valence-corrected chi connectivity index (χ2v) is 16.4. The molecule has 13 heteroatoms. The first-order chi connectivity index (χ1) is 26.6. The van der Waals surface area contributed by atoms with Crippen LogP contribution in [0.5, 0.6) is 0 Å². The summed E-state index contributed by atoms with van der Waals surface area (Å²) >= 11 is 0. The summed E-state index contributed by atoms with van der Waals surface area (Å²) in [4.78, 5) is 42.2. The van der Waals surface area contributed by atoms with Gasteiger partial charge in [-0.1, -0.05) is 86.3 Å². The van der Waals surface area contributed by atoms with Crippen LogP contribution in [0.25, 0.3) is 0 Å². The van der Waals surface area contributed by atoms with E-state index >= 15 is 0 Å². The van der Waals surface area contributed by atoms with Gasteiger partial charge in [-0.25, -0.2) is 9.59 Å². The summed E-state index contributed by atoms with van der Waals surface area (Å²) in [6.07, 6.45) is 5.98. The van der Waals surface area contributed by atoms with E-state index in [2.05, 4.69) is 16.3 Å². The zero-order valence-electron chi connectivity index (χ0n) is 32.7. The summed E-state index contributed by atoms with van der Waals surface area (Å²) < 4.78 is 24.1. The Morgan fingerprint density at radius 2 is 1.40 bits per heavy atom. The van der Waals surface area contributed by atoms with Gasteiger partial charge in [0.25, 0.3) is 0 Å². The lowest BCUT2D eigenvalue weighted by molar-refractivity contribution is -0.0908. The van der Waals surface area contributed by atoms with Gasteiger partial charge in [-0.2, -0.15) is 11.0 Å². The van der Waals surface area contributed by atoms with E-state index in [0.29, 0.717) is 19.4 Å². The number of rotatable bonds is 18. The molecule has 2 saturated heterocycles. The highest BCUT2D eigenvalue weighted by molar-refractivity contribution is 5.70. The lowest BCUT2D eigenvalue weighted by Crippen LogP contribution is -2.60. The predicted molar refractivity (Wildman–Crippen MR) is 206 cm³/mol. The van der Waals surface area contributed by atoms with Crippen LogP contribution in [0.3, 0.4) is 0 Å². The van der Waals surface area contributed by atoms with E-state index in [-0.39, 0.29) is 44.1 Å². The average Bonchev–Trinajstić information content (AvgIpc) is 4.00. The second-order valence-electron chi connectivity index (χ2n) is 16.4. The molecule has 13 nitrogen and oxygen atoms in total. The Bertz CT molecular complexity index is 1450. The molecule has 3 unspecified atom stereocenters.